The highest BCUT2D eigenvalue weighted by molar-refractivity contribution is 6.07. The summed E-state index contributed by atoms with van der Waals surface area (Å²) in [4.78, 5) is 22.4. The summed E-state index contributed by atoms with van der Waals surface area (Å²) < 4.78 is 0. The molecule has 5 heteroatoms. The van der Waals surface area contributed by atoms with Gasteiger partial charge in [0, 0.05) is 11.3 Å². The number of nitrogen functional groups attached to an aromatic ring is 1. The van der Waals surface area contributed by atoms with Crippen molar-refractivity contribution in [2.75, 3.05) is 5.73 Å². The van der Waals surface area contributed by atoms with Crippen molar-refractivity contribution in [1.82, 2.24) is 0 Å². The Bertz CT molecular complexity index is 664. The summed E-state index contributed by atoms with van der Waals surface area (Å²) >= 11 is 0. The molecule has 4 N–H and O–H groups in total. The summed E-state index contributed by atoms with van der Waals surface area (Å²) in [6.07, 6.45) is 0. The maximum atomic E-state index is 11.3. The van der Waals surface area contributed by atoms with Gasteiger partial charge in [-0.3, -0.25) is 0 Å². The van der Waals surface area contributed by atoms with Crippen molar-refractivity contribution in [2.24, 2.45) is 0 Å². The van der Waals surface area contributed by atoms with Gasteiger partial charge in [-0.25, -0.2) is 9.59 Å². The second kappa shape index (κ2) is 4.81. The molecule has 0 atom stereocenters. The Morgan fingerprint density at radius 2 is 1.47 bits per heavy atom. The number of rotatable bonds is 3. The molecule has 0 radical (unpaired) electrons. The lowest BCUT2D eigenvalue weighted by Crippen LogP contribution is -2.10. The number of aromatic carboxylic acids is 2. The Morgan fingerprint density at radius 3 is 2.05 bits per heavy atom. The van der Waals surface area contributed by atoms with E-state index in [2.05, 4.69) is 0 Å². The Labute approximate surface area is 108 Å². The van der Waals surface area contributed by atoms with Crippen molar-refractivity contribution in [3.8, 4) is 11.1 Å². The van der Waals surface area contributed by atoms with Gasteiger partial charge in [0.25, 0.3) is 0 Å². The Morgan fingerprint density at radius 1 is 0.842 bits per heavy atom. The van der Waals surface area contributed by atoms with Crippen LogP contribution in [0.3, 0.4) is 0 Å². The average Bonchev–Trinajstić information content (AvgIpc) is 2.38. The molecular formula is C14H11NO4. The normalized spacial score (nSPS) is 10.1. The number of benzene rings is 2. The molecule has 2 rings (SSSR count). The van der Waals surface area contributed by atoms with Crippen molar-refractivity contribution in [2.45, 2.75) is 0 Å². The highest BCUT2D eigenvalue weighted by Gasteiger charge is 2.21. The topological polar surface area (TPSA) is 101 Å². The molecule has 19 heavy (non-hydrogen) atoms. The predicted octanol–water partition coefficient (Wildman–Crippen LogP) is 2.33. The third-order valence-corrected chi connectivity index (χ3v) is 2.76. The van der Waals surface area contributed by atoms with Gasteiger partial charge in [0.15, 0.2) is 0 Å². The molecule has 0 saturated heterocycles. The fraction of sp³-hybridized carbons (Fsp3) is 0. The van der Waals surface area contributed by atoms with E-state index in [9.17, 15) is 14.7 Å². The molecular weight excluding hydrogens is 246 g/mol. The van der Waals surface area contributed by atoms with Gasteiger partial charge in [-0.2, -0.15) is 0 Å². The molecule has 2 aromatic carbocycles. The first kappa shape index (κ1) is 12.6. The van der Waals surface area contributed by atoms with Crippen molar-refractivity contribution in [1.29, 1.82) is 0 Å². The molecule has 5 nitrogen and oxygen atoms in total. The van der Waals surface area contributed by atoms with Gasteiger partial charge >= 0.3 is 11.9 Å². The van der Waals surface area contributed by atoms with Gasteiger partial charge in [0.05, 0.1) is 11.1 Å². The first-order valence-corrected chi connectivity index (χ1v) is 5.47. The number of carbonyl (C=O) groups is 2. The van der Waals surface area contributed by atoms with Crippen LogP contribution in [0, 0.1) is 0 Å². The minimum absolute atomic E-state index is 0.256. The summed E-state index contributed by atoms with van der Waals surface area (Å²) in [5.41, 5.74) is 6.49. The lowest BCUT2D eigenvalue weighted by atomic mass is 9.94. The zero-order valence-corrected chi connectivity index (χ0v) is 9.83. The Hall–Kier alpha value is -2.82. The van der Waals surface area contributed by atoms with E-state index in [1.54, 1.807) is 30.3 Å². The van der Waals surface area contributed by atoms with E-state index in [-0.39, 0.29) is 11.1 Å². The summed E-state index contributed by atoms with van der Waals surface area (Å²) in [6, 6.07) is 11.0. The first-order chi connectivity index (χ1) is 9.02. The van der Waals surface area contributed by atoms with E-state index in [1.807, 2.05) is 0 Å². The smallest absolute Gasteiger partial charge is 0.337 e. The van der Waals surface area contributed by atoms with Crippen LogP contribution in [0.2, 0.25) is 0 Å². The maximum absolute atomic E-state index is 11.3. The van der Waals surface area contributed by atoms with E-state index in [0.29, 0.717) is 16.8 Å². The van der Waals surface area contributed by atoms with Gasteiger partial charge in [-0.05, 0) is 17.7 Å². The summed E-state index contributed by atoms with van der Waals surface area (Å²) in [5, 5.41) is 18.3. The molecule has 0 unspecified atom stereocenters. The zero-order valence-electron chi connectivity index (χ0n) is 9.83. The third kappa shape index (κ3) is 2.26. The van der Waals surface area contributed by atoms with Crippen LogP contribution in [0.25, 0.3) is 11.1 Å². The maximum Gasteiger partial charge on any atom is 0.337 e. The fourth-order valence-corrected chi connectivity index (χ4v) is 1.93. The number of carboxylic acids is 2. The number of para-hydroxylation sites is 1. The van der Waals surface area contributed by atoms with E-state index in [4.69, 9.17) is 10.8 Å². The highest BCUT2D eigenvalue weighted by Crippen LogP contribution is 2.30. The Kier molecular flexibility index (Phi) is 3.20. The molecule has 2 aromatic rings. The number of hydrogen-bond acceptors (Lipinski definition) is 3. The largest absolute Gasteiger partial charge is 0.478 e. The van der Waals surface area contributed by atoms with E-state index < -0.39 is 11.9 Å². The molecule has 0 aliphatic rings. The molecule has 0 bridgehead atoms. The number of nitrogens with two attached hydrogens (primary N) is 1. The molecule has 0 saturated carbocycles. The van der Waals surface area contributed by atoms with Crippen LogP contribution in [0.4, 0.5) is 5.69 Å². The van der Waals surface area contributed by atoms with E-state index >= 15 is 0 Å². The SMILES string of the molecule is Nc1ccccc1-c1cccc(C(=O)O)c1C(=O)O. The molecule has 0 amide bonds. The fourth-order valence-electron chi connectivity index (χ4n) is 1.93. The van der Waals surface area contributed by atoms with Crippen LogP contribution < -0.4 is 5.73 Å². The third-order valence-electron chi connectivity index (χ3n) is 2.76. The minimum atomic E-state index is -1.30. The van der Waals surface area contributed by atoms with Gasteiger partial charge < -0.3 is 15.9 Å². The van der Waals surface area contributed by atoms with Crippen LogP contribution in [0.15, 0.2) is 42.5 Å². The van der Waals surface area contributed by atoms with Gasteiger partial charge in [-0.1, -0.05) is 30.3 Å². The number of carboxylic acid groups (broad SMARTS) is 2. The quantitative estimate of drug-likeness (QED) is 0.732. The number of anilines is 1. The molecule has 0 aromatic heterocycles. The van der Waals surface area contributed by atoms with Crippen molar-refractivity contribution in [3.05, 3.63) is 53.6 Å². The van der Waals surface area contributed by atoms with Gasteiger partial charge in [-0.15, -0.1) is 0 Å². The lowest BCUT2D eigenvalue weighted by molar-refractivity contribution is 0.0652. The van der Waals surface area contributed by atoms with Crippen molar-refractivity contribution in [3.63, 3.8) is 0 Å². The minimum Gasteiger partial charge on any atom is -0.478 e. The second-order valence-electron chi connectivity index (χ2n) is 3.93. The van der Waals surface area contributed by atoms with Crippen LogP contribution in [0.5, 0.6) is 0 Å². The average molecular weight is 257 g/mol. The Balaban J connectivity index is 2.78. The summed E-state index contributed by atoms with van der Waals surface area (Å²) in [5.74, 6) is -2.58. The van der Waals surface area contributed by atoms with Crippen LogP contribution in [-0.4, -0.2) is 22.2 Å². The van der Waals surface area contributed by atoms with Crippen molar-refractivity contribution < 1.29 is 19.8 Å². The predicted molar refractivity (Wildman–Crippen MR) is 70.2 cm³/mol. The van der Waals surface area contributed by atoms with Crippen LogP contribution in [-0.2, 0) is 0 Å². The standard InChI is InChI=1S/C14H11NO4/c15-11-7-2-1-4-8(11)9-5-3-6-10(13(16)17)12(9)14(18)19/h1-7H,15H2,(H,16,17)(H,18,19). The molecule has 0 spiro atoms. The molecule has 0 heterocycles. The van der Waals surface area contributed by atoms with Gasteiger partial charge in [0.1, 0.15) is 0 Å². The van der Waals surface area contributed by atoms with Gasteiger partial charge in [0.2, 0.25) is 0 Å². The zero-order chi connectivity index (χ0) is 14.0. The summed E-state index contributed by atoms with van der Waals surface area (Å²) in [6.45, 7) is 0. The lowest BCUT2D eigenvalue weighted by Gasteiger charge is -2.11. The highest BCUT2D eigenvalue weighted by atomic mass is 16.4. The van der Waals surface area contributed by atoms with E-state index in [1.165, 1.54) is 12.1 Å². The van der Waals surface area contributed by atoms with Crippen LogP contribution >= 0.6 is 0 Å². The number of hydrogen-bond donors (Lipinski definition) is 3. The molecule has 96 valence electrons. The first-order valence-electron chi connectivity index (χ1n) is 5.47. The van der Waals surface area contributed by atoms with E-state index in [0.717, 1.165) is 0 Å². The second-order valence-corrected chi connectivity index (χ2v) is 3.93. The van der Waals surface area contributed by atoms with Crippen LogP contribution in [0.1, 0.15) is 20.7 Å². The molecule has 0 fully saturated rings. The molecule has 0 aliphatic heterocycles. The summed E-state index contributed by atoms with van der Waals surface area (Å²) in [7, 11) is 0. The molecule has 0 aliphatic carbocycles. The monoisotopic (exact) mass is 257 g/mol. The van der Waals surface area contributed by atoms with Crippen molar-refractivity contribution >= 4 is 17.6 Å².